The molecule has 6 aromatic rings. The lowest BCUT2D eigenvalue weighted by atomic mass is 9.98. The molecule has 0 aliphatic carbocycles. The van der Waals surface area contributed by atoms with Crippen LogP contribution in [0.2, 0.25) is 5.15 Å². The SMILES string of the molecule is C.C[C@H]1[C@H](F)C[C@@H](C(=O)CCc2cc(-c3cnc(C(C)(F)F)nc3)cnc2C(F)F)N1S(=O)(=O)c1ccc(F)cc1.C[C@H]1[C@H](F)C[C@@H](C(=O)CCc2cc(-c3cnc(C(F)(F)F)nc3)ncc2C(F)(F)F)N1S(=O)(=O)c1ccc(Cl)nc1. The molecule has 1 aromatic carbocycles. The van der Waals surface area contributed by atoms with Gasteiger partial charge in [-0.25, -0.2) is 63.7 Å². The lowest BCUT2D eigenvalue weighted by molar-refractivity contribution is -0.145. The number of aryl methyl sites for hydroxylation is 2. The standard InChI is InChI=1S/C26H24F6N4O3S.C24H19ClF7N5O3S.CH4/c1-14-20(28)10-21(36(14)40(38,39)19-6-4-18(27)5-7-19)22(37)8-3-15-9-16(11-33-23(15)24(29)30)17-12-34-25(35-13-17)26(2,31)32;1-12-17(26)7-19(37(12)41(39,40)15-3-5-21(25)34-10-15)20(38)4-2-13-6-18(33-11-16(13)23(27,28)29)14-8-35-22(36-9-14)24(30,31)32;/h4-7,9,11-14,20-21,24H,3,8,10H2,1-2H3;3,5-6,8-12,17,19H,2,4,7H2,1H3;1H4/t14-,20+,21-;12-,17+,19-;/m00./s1. The van der Waals surface area contributed by atoms with Gasteiger partial charge in [-0.1, -0.05) is 19.0 Å². The normalized spacial score (nSPS) is 20.1. The molecule has 2 fully saturated rings. The Labute approximate surface area is 465 Å². The highest BCUT2D eigenvalue weighted by Crippen LogP contribution is 2.39. The second kappa shape index (κ2) is 25.1. The monoisotopic (exact) mass is 1230 g/mol. The molecule has 15 nitrogen and oxygen atoms in total. The highest BCUT2D eigenvalue weighted by atomic mass is 35.5. The quantitative estimate of drug-likeness (QED) is 0.0655. The Hall–Kier alpha value is -6.63. The Morgan fingerprint density at radius 2 is 1.09 bits per heavy atom. The van der Waals surface area contributed by atoms with Crippen LogP contribution in [0.1, 0.15) is 94.3 Å². The van der Waals surface area contributed by atoms with Crippen molar-refractivity contribution in [3.63, 3.8) is 0 Å². The molecule has 0 radical (unpaired) electrons. The van der Waals surface area contributed by atoms with Crippen molar-refractivity contribution >= 4 is 43.2 Å². The molecule has 31 heteroatoms. The number of pyridine rings is 3. The molecule has 2 aliphatic heterocycles. The van der Waals surface area contributed by atoms with Crippen molar-refractivity contribution in [1.29, 1.82) is 0 Å². The number of sulfonamides is 2. The van der Waals surface area contributed by atoms with E-state index in [4.69, 9.17) is 11.6 Å². The number of halogens is 14. The molecule has 442 valence electrons. The molecule has 2 aliphatic rings. The highest BCUT2D eigenvalue weighted by molar-refractivity contribution is 7.89. The number of aromatic nitrogens is 7. The molecule has 6 atom stereocenters. The Morgan fingerprint density at radius 1 is 0.610 bits per heavy atom. The number of nitrogens with zero attached hydrogens (tertiary/aromatic N) is 9. The maximum Gasteiger partial charge on any atom is 0.451 e. The van der Waals surface area contributed by atoms with Gasteiger partial charge in [-0.2, -0.15) is 43.7 Å². The summed E-state index contributed by atoms with van der Waals surface area (Å²) in [7, 11) is -8.82. The van der Waals surface area contributed by atoms with Crippen LogP contribution in [0.25, 0.3) is 22.4 Å². The third-order valence-corrected chi connectivity index (χ3v) is 17.3. The van der Waals surface area contributed by atoms with E-state index >= 15 is 0 Å². The van der Waals surface area contributed by atoms with Crippen LogP contribution in [-0.2, 0) is 60.8 Å². The number of ketones is 2. The maximum absolute atomic E-state index is 14.7. The van der Waals surface area contributed by atoms with Crippen molar-refractivity contribution < 1.29 is 83.5 Å². The molecule has 0 unspecified atom stereocenters. The van der Waals surface area contributed by atoms with Gasteiger partial charge < -0.3 is 0 Å². The summed E-state index contributed by atoms with van der Waals surface area (Å²) in [5.41, 5.74) is -2.15. The van der Waals surface area contributed by atoms with Crippen LogP contribution in [0.4, 0.5) is 57.1 Å². The van der Waals surface area contributed by atoms with E-state index < -0.39 is 159 Å². The van der Waals surface area contributed by atoms with Crippen LogP contribution in [0.15, 0.2) is 102 Å². The van der Waals surface area contributed by atoms with Crippen LogP contribution in [0, 0.1) is 5.82 Å². The van der Waals surface area contributed by atoms with Gasteiger partial charge in [0.15, 0.2) is 17.4 Å². The van der Waals surface area contributed by atoms with E-state index in [0.717, 1.165) is 77.9 Å². The van der Waals surface area contributed by atoms with Gasteiger partial charge >= 0.3 is 18.3 Å². The van der Waals surface area contributed by atoms with E-state index in [1.807, 2.05) is 0 Å². The highest BCUT2D eigenvalue weighted by Gasteiger charge is 2.50. The third-order valence-electron chi connectivity index (χ3n) is 13.1. The maximum atomic E-state index is 14.7. The molecular weight excluding hydrogens is 1180 g/mol. The fraction of sp³-hybridized carbons (Fsp3) is 0.392. The van der Waals surface area contributed by atoms with E-state index in [9.17, 15) is 83.5 Å². The predicted molar refractivity (Wildman–Crippen MR) is 268 cm³/mol. The summed E-state index contributed by atoms with van der Waals surface area (Å²) in [6, 6.07) is 3.09. The van der Waals surface area contributed by atoms with Gasteiger partial charge in [0.1, 0.15) is 33.9 Å². The molecule has 0 amide bonds. The first-order valence-electron chi connectivity index (χ1n) is 23.9. The first-order chi connectivity index (χ1) is 37.7. The zero-order valence-electron chi connectivity index (χ0n) is 42.0. The van der Waals surface area contributed by atoms with Crippen molar-refractivity contribution in [3.05, 3.63) is 137 Å². The van der Waals surface area contributed by atoms with Crippen LogP contribution >= 0.6 is 11.6 Å². The average Bonchev–Trinajstić information content (AvgIpc) is 3.58. The Balaban J connectivity index is 0.000000261. The molecule has 5 aromatic heterocycles. The summed E-state index contributed by atoms with van der Waals surface area (Å²) in [5.74, 6) is -7.66. The van der Waals surface area contributed by atoms with Crippen molar-refractivity contribution in [2.45, 2.75) is 138 Å². The minimum Gasteiger partial charge on any atom is -0.298 e. The summed E-state index contributed by atoms with van der Waals surface area (Å²) in [6.45, 7) is 3.20. The number of carbonyl (C=O) groups excluding carboxylic acids is 2. The smallest absolute Gasteiger partial charge is 0.298 e. The van der Waals surface area contributed by atoms with Gasteiger partial charge in [0.2, 0.25) is 25.9 Å². The number of Topliss-reactive ketones (excluding diaryl/α,β-unsaturated/α-hetero) is 2. The van der Waals surface area contributed by atoms with Crippen LogP contribution in [0.3, 0.4) is 0 Å². The molecule has 0 bridgehead atoms. The van der Waals surface area contributed by atoms with E-state index in [-0.39, 0.29) is 56.7 Å². The zero-order valence-corrected chi connectivity index (χ0v) is 44.4. The molecule has 82 heavy (non-hydrogen) atoms. The molecule has 0 N–H and O–H groups in total. The first kappa shape index (κ1) is 64.5. The van der Waals surface area contributed by atoms with E-state index in [1.54, 1.807) is 0 Å². The Morgan fingerprint density at radius 3 is 1.56 bits per heavy atom. The molecule has 2 saturated heterocycles. The number of hydrogen-bond donors (Lipinski definition) is 0. The van der Waals surface area contributed by atoms with Crippen molar-refractivity contribution in [3.8, 4) is 22.4 Å². The van der Waals surface area contributed by atoms with Crippen LogP contribution in [0.5, 0.6) is 0 Å². The molecule has 8 rings (SSSR count). The lowest BCUT2D eigenvalue weighted by Gasteiger charge is -2.27. The van der Waals surface area contributed by atoms with Crippen molar-refractivity contribution in [1.82, 2.24) is 43.5 Å². The summed E-state index contributed by atoms with van der Waals surface area (Å²) >= 11 is 5.70. The molecular formula is C51H47ClF13N9O6S2. The fourth-order valence-electron chi connectivity index (χ4n) is 8.95. The van der Waals surface area contributed by atoms with Crippen LogP contribution < -0.4 is 0 Å². The van der Waals surface area contributed by atoms with Crippen molar-refractivity contribution in [2.75, 3.05) is 0 Å². The summed E-state index contributed by atoms with van der Waals surface area (Å²) in [6.07, 6.45) is -12.7. The molecule has 7 heterocycles. The second-order valence-corrected chi connectivity index (χ2v) is 22.7. The van der Waals surface area contributed by atoms with Gasteiger partial charge in [-0.3, -0.25) is 19.6 Å². The summed E-state index contributed by atoms with van der Waals surface area (Å²) < 4.78 is 231. The van der Waals surface area contributed by atoms with E-state index in [0.29, 0.717) is 17.4 Å². The molecule has 0 saturated carbocycles. The predicted octanol–water partition coefficient (Wildman–Crippen LogP) is 11.4. The van der Waals surface area contributed by atoms with Gasteiger partial charge in [-0.15, -0.1) is 0 Å². The van der Waals surface area contributed by atoms with E-state index in [1.165, 1.54) is 26.0 Å². The number of alkyl halides is 12. The Bertz CT molecular complexity index is 3480. The largest absolute Gasteiger partial charge is 0.451 e. The van der Waals surface area contributed by atoms with Gasteiger partial charge in [-0.05, 0) is 86.3 Å². The number of rotatable bonds is 16. The first-order valence-corrected chi connectivity index (χ1v) is 27.2. The zero-order chi connectivity index (χ0) is 59.7. The number of benzene rings is 1. The van der Waals surface area contributed by atoms with Gasteiger partial charge in [0, 0.05) is 92.7 Å². The third kappa shape index (κ3) is 14.4. The van der Waals surface area contributed by atoms with Gasteiger partial charge in [0.25, 0.3) is 6.43 Å². The van der Waals surface area contributed by atoms with Gasteiger partial charge in [0.05, 0.1) is 40.3 Å². The fourth-order valence-corrected chi connectivity index (χ4v) is 12.7. The minimum absolute atomic E-state index is 0. The van der Waals surface area contributed by atoms with Crippen LogP contribution in [-0.4, -0.2) is 108 Å². The molecule has 0 spiro atoms. The topological polar surface area (TPSA) is 199 Å². The van der Waals surface area contributed by atoms with Crippen molar-refractivity contribution in [2.24, 2.45) is 0 Å². The minimum atomic E-state index is -4.90. The Kier molecular flexibility index (Phi) is 19.7. The summed E-state index contributed by atoms with van der Waals surface area (Å²) in [5, 5.41) is -0.00513. The average molecular weight is 1230 g/mol. The summed E-state index contributed by atoms with van der Waals surface area (Å²) in [4.78, 5) is 50.3. The second-order valence-electron chi connectivity index (χ2n) is 18.7. The lowest BCUT2D eigenvalue weighted by Crippen LogP contribution is -2.44. The van der Waals surface area contributed by atoms with E-state index in [2.05, 4.69) is 34.9 Å². The number of hydrogen-bond acceptors (Lipinski definition) is 13. The number of carbonyl (C=O) groups is 2.